The van der Waals surface area contributed by atoms with Crippen LogP contribution in [0.1, 0.15) is 18.1 Å². The number of hydrogen-bond donors (Lipinski definition) is 1. The monoisotopic (exact) mass is 360 g/mol. The fourth-order valence-electron chi connectivity index (χ4n) is 2.20. The molecular formula is C17H15ClN3O4-. The second-order valence-electron chi connectivity index (χ2n) is 5.13. The summed E-state index contributed by atoms with van der Waals surface area (Å²) in [5.41, 5.74) is 1.02. The van der Waals surface area contributed by atoms with Gasteiger partial charge in [-0.05, 0) is 35.4 Å². The Labute approximate surface area is 149 Å². The molecule has 0 aliphatic rings. The minimum atomic E-state index is -0.806. The lowest BCUT2D eigenvalue weighted by molar-refractivity contribution is -0.398. The molecule has 1 amide bonds. The van der Waals surface area contributed by atoms with Gasteiger partial charge >= 0.3 is 0 Å². The van der Waals surface area contributed by atoms with E-state index in [9.17, 15) is 20.0 Å². The SMILES string of the molecule is CCc1ccccc1NC(=O)CN=Cc1cc(Cl)cc([N+](=O)[O-])c1[O-]. The number of nitrogens with zero attached hydrogens (tertiary/aromatic N) is 2. The van der Waals surface area contributed by atoms with E-state index in [1.165, 1.54) is 6.07 Å². The Morgan fingerprint density at radius 1 is 1.36 bits per heavy atom. The number of benzene rings is 2. The highest BCUT2D eigenvalue weighted by molar-refractivity contribution is 6.31. The number of hydrogen-bond acceptors (Lipinski definition) is 5. The second kappa shape index (κ2) is 8.25. The van der Waals surface area contributed by atoms with Crippen molar-refractivity contribution in [2.75, 3.05) is 11.9 Å². The number of carbonyl (C=O) groups excluding carboxylic acids is 1. The van der Waals surface area contributed by atoms with E-state index in [0.717, 1.165) is 24.3 Å². The van der Waals surface area contributed by atoms with Crippen LogP contribution in [-0.4, -0.2) is 23.6 Å². The molecule has 2 rings (SSSR count). The third kappa shape index (κ3) is 4.77. The number of carbonyl (C=O) groups is 1. The van der Waals surface area contributed by atoms with Crippen molar-refractivity contribution < 1.29 is 14.8 Å². The molecule has 0 bridgehead atoms. The van der Waals surface area contributed by atoms with E-state index in [1.807, 2.05) is 25.1 Å². The van der Waals surface area contributed by atoms with Crippen LogP contribution < -0.4 is 10.4 Å². The first-order chi connectivity index (χ1) is 11.9. The predicted octanol–water partition coefficient (Wildman–Crippen LogP) is 2.94. The van der Waals surface area contributed by atoms with Crippen LogP contribution in [0.4, 0.5) is 11.4 Å². The summed E-state index contributed by atoms with van der Waals surface area (Å²) >= 11 is 5.76. The van der Waals surface area contributed by atoms with Crippen molar-refractivity contribution >= 4 is 35.1 Å². The molecule has 8 heteroatoms. The Kier molecular flexibility index (Phi) is 6.08. The fraction of sp³-hybridized carbons (Fsp3) is 0.176. The van der Waals surface area contributed by atoms with Gasteiger partial charge in [0.05, 0.1) is 4.92 Å². The van der Waals surface area contributed by atoms with Gasteiger partial charge in [-0.2, -0.15) is 0 Å². The lowest BCUT2D eigenvalue weighted by atomic mass is 10.1. The Morgan fingerprint density at radius 2 is 2.08 bits per heavy atom. The minimum absolute atomic E-state index is 0.0408. The molecule has 2 aromatic carbocycles. The number of rotatable bonds is 6. The van der Waals surface area contributed by atoms with E-state index in [0.29, 0.717) is 5.69 Å². The maximum absolute atomic E-state index is 12.0. The zero-order chi connectivity index (χ0) is 18.4. The molecule has 0 aromatic heterocycles. The van der Waals surface area contributed by atoms with Crippen LogP contribution in [0.3, 0.4) is 0 Å². The Hall–Kier alpha value is -2.93. The maximum atomic E-state index is 12.0. The molecule has 0 radical (unpaired) electrons. The van der Waals surface area contributed by atoms with E-state index < -0.39 is 16.4 Å². The Bertz CT molecular complexity index is 837. The molecule has 1 N–H and O–H groups in total. The van der Waals surface area contributed by atoms with Crippen molar-refractivity contribution in [1.29, 1.82) is 0 Å². The molecule has 25 heavy (non-hydrogen) atoms. The number of nitro groups is 1. The number of amides is 1. The number of para-hydroxylation sites is 1. The van der Waals surface area contributed by atoms with Crippen molar-refractivity contribution in [1.82, 2.24) is 0 Å². The van der Waals surface area contributed by atoms with Crippen molar-refractivity contribution in [2.45, 2.75) is 13.3 Å². The Morgan fingerprint density at radius 3 is 2.76 bits per heavy atom. The average molecular weight is 361 g/mol. The third-order valence-corrected chi connectivity index (χ3v) is 3.62. The van der Waals surface area contributed by atoms with E-state index in [-0.39, 0.29) is 23.0 Å². The molecule has 0 fully saturated rings. The number of aliphatic imine (C=N–C) groups is 1. The summed E-state index contributed by atoms with van der Waals surface area (Å²) in [6.07, 6.45) is 1.89. The number of halogens is 1. The quantitative estimate of drug-likeness (QED) is 0.485. The minimum Gasteiger partial charge on any atom is -0.867 e. The molecule has 0 spiro atoms. The van der Waals surface area contributed by atoms with E-state index in [4.69, 9.17) is 11.6 Å². The molecule has 0 aliphatic heterocycles. The molecular weight excluding hydrogens is 346 g/mol. The van der Waals surface area contributed by atoms with Crippen LogP contribution in [0.2, 0.25) is 5.02 Å². The van der Waals surface area contributed by atoms with Gasteiger partial charge in [0.25, 0.3) is 5.69 Å². The topological polar surface area (TPSA) is 108 Å². The number of nitrogens with one attached hydrogen (secondary N) is 1. The van der Waals surface area contributed by atoms with Crippen molar-refractivity contribution in [3.63, 3.8) is 0 Å². The van der Waals surface area contributed by atoms with E-state index in [2.05, 4.69) is 10.3 Å². The van der Waals surface area contributed by atoms with Gasteiger partial charge in [0.1, 0.15) is 6.54 Å². The summed E-state index contributed by atoms with van der Waals surface area (Å²) in [6, 6.07) is 9.64. The van der Waals surface area contributed by atoms with Crippen molar-refractivity contribution in [3.05, 3.63) is 62.7 Å². The third-order valence-electron chi connectivity index (χ3n) is 3.40. The molecule has 0 heterocycles. The lowest BCUT2D eigenvalue weighted by Gasteiger charge is -2.11. The first-order valence-corrected chi connectivity index (χ1v) is 7.82. The second-order valence-corrected chi connectivity index (χ2v) is 5.57. The molecule has 130 valence electrons. The first-order valence-electron chi connectivity index (χ1n) is 7.45. The molecule has 0 saturated carbocycles. The predicted molar refractivity (Wildman–Crippen MR) is 94.5 cm³/mol. The van der Waals surface area contributed by atoms with E-state index in [1.54, 1.807) is 6.07 Å². The van der Waals surface area contributed by atoms with Gasteiger partial charge in [0.2, 0.25) is 5.91 Å². The van der Waals surface area contributed by atoms with Gasteiger partial charge in [-0.25, -0.2) is 0 Å². The van der Waals surface area contributed by atoms with Gasteiger partial charge in [0, 0.05) is 23.0 Å². The molecule has 0 aliphatic carbocycles. The highest BCUT2D eigenvalue weighted by Gasteiger charge is 2.11. The highest BCUT2D eigenvalue weighted by Crippen LogP contribution is 2.29. The van der Waals surface area contributed by atoms with Gasteiger partial charge in [-0.1, -0.05) is 36.7 Å². The standard InChI is InChI=1S/C17H16ClN3O4/c1-2-11-5-3-4-6-14(11)20-16(22)10-19-9-12-7-13(18)8-15(17(12)23)21(24)25/h3-9,23H,2,10H2,1H3,(H,20,22)/p-1. The van der Waals surface area contributed by atoms with Crippen LogP contribution in [0.5, 0.6) is 5.75 Å². The average Bonchev–Trinajstić information content (AvgIpc) is 2.57. The number of anilines is 1. The van der Waals surface area contributed by atoms with Crippen molar-refractivity contribution in [2.24, 2.45) is 4.99 Å². The molecule has 0 saturated heterocycles. The van der Waals surface area contributed by atoms with Gasteiger partial charge in [0.15, 0.2) is 0 Å². The number of nitro benzene ring substituents is 1. The van der Waals surface area contributed by atoms with Gasteiger partial charge in [-0.15, -0.1) is 0 Å². The summed E-state index contributed by atoms with van der Waals surface area (Å²) < 4.78 is 0. The smallest absolute Gasteiger partial charge is 0.263 e. The van der Waals surface area contributed by atoms with Crippen LogP contribution in [0.15, 0.2) is 41.4 Å². The summed E-state index contributed by atoms with van der Waals surface area (Å²) in [5, 5.41) is 25.5. The fourth-order valence-corrected chi connectivity index (χ4v) is 2.42. The highest BCUT2D eigenvalue weighted by atomic mass is 35.5. The zero-order valence-electron chi connectivity index (χ0n) is 13.4. The molecule has 0 unspecified atom stereocenters. The first kappa shape index (κ1) is 18.4. The summed E-state index contributed by atoms with van der Waals surface area (Å²) in [5.74, 6) is -1.16. The van der Waals surface area contributed by atoms with Crippen molar-refractivity contribution in [3.8, 4) is 5.75 Å². The normalized spacial score (nSPS) is 10.8. The summed E-state index contributed by atoms with van der Waals surface area (Å²) in [7, 11) is 0. The molecule has 0 atom stereocenters. The maximum Gasteiger partial charge on any atom is 0.263 e. The summed E-state index contributed by atoms with van der Waals surface area (Å²) in [6.45, 7) is 1.75. The zero-order valence-corrected chi connectivity index (χ0v) is 14.1. The largest absolute Gasteiger partial charge is 0.867 e. The van der Waals surface area contributed by atoms with Crippen LogP contribution in [-0.2, 0) is 11.2 Å². The van der Waals surface area contributed by atoms with Crippen LogP contribution in [0, 0.1) is 10.1 Å². The summed E-state index contributed by atoms with van der Waals surface area (Å²) in [4.78, 5) is 25.8. The van der Waals surface area contributed by atoms with Crippen LogP contribution in [0.25, 0.3) is 0 Å². The van der Waals surface area contributed by atoms with Gasteiger partial charge in [-0.3, -0.25) is 19.9 Å². The van der Waals surface area contributed by atoms with Crippen LogP contribution >= 0.6 is 11.6 Å². The van der Waals surface area contributed by atoms with E-state index >= 15 is 0 Å². The molecule has 7 nitrogen and oxygen atoms in total. The Balaban J connectivity index is 2.08. The lowest BCUT2D eigenvalue weighted by Crippen LogP contribution is -2.16. The van der Waals surface area contributed by atoms with Gasteiger partial charge < -0.3 is 10.4 Å². The molecule has 2 aromatic rings. The number of aryl methyl sites for hydroxylation is 1.